The Labute approximate surface area is 204 Å². The van der Waals surface area contributed by atoms with E-state index in [0.29, 0.717) is 17.7 Å². The number of aliphatic hydroxyl groups is 1. The predicted molar refractivity (Wildman–Crippen MR) is 121 cm³/mol. The average molecular weight is 504 g/mol. The number of fused-ring (bicyclic) bond motifs is 1. The zero-order valence-corrected chi connectivity index (χ0v) is 19.2. The smallest absolute Gasteiger partial charge is 0.341 e. The lowest BCUT2D eigenvalue weighted by Gasteiger charge is -2.41. The number of anilines is 1. The third-order valence-electron chi connectivity index (χ3n) is 6.35. The molecule has 0 aromatic heterocycles. The topological polar surface area (TPSA) is 94.9 Å². The Morgan fingerprint density at radius 3 is 2.58 bits per heavy atom. The van der Waals surface area contributed by atoms with E-state index in [-0.39, 0.29) is 43.5 Å². The number of ether oxygens (including phenoxy) is 2. The Balaban J connectivity index is 1.23. The van der Waals surface area contributed by atoms with Crippen LogP contribution in [0, 0.1) is 17.5 Å². The van der Waals surface area contributed by atoms with Crippen molar-refractivity contribution < 1.29 is 37.3 Å². The predicted octanol–water partition coefficient (Wildman–Crippen LogP) is 2.83. The van der Waals surface area contributed by atoms with Crippen molar-refractivity contribution in [2.75, 3.05) is 31.6 Å². The maximum Gasteiger partial charge on any atom is 0.341 e. The fourth-order valence-corrected chi connectivity index (χ4v) is 4.45. The maximum atomic E-state index is 14.7. The number of likely N-dealkylation sites (tertiary alicyclic amines) is 1. The summed E-state index contributed by atoms with van der Waals surface area (Å²) in [5, 5.41) is 14.4. The number of hydrogen-bond acceptors (Lipinski definition) is 6. The molecule has 3 aliphatic heterocycles. The van der Waals surface area contributed by atoms with E-state index in [1.54, 1.807) is 0 Å². The third-order valence-corrected chi connectivity index (χ3v) is 6.35. The molecule has 9 nitrogen and oxygen atoms in total. The highest BCUT2D eigenvalue weighted by atomic mass is 19.1. The van der Waals surface area contributed by atoms with Crippen molar-refractivity contribution in [2.45, 2.75) is 31.1 Å². The first-order valence-electron chi connectivity index (χ1n) is 11.4. The Morgan fingerprint density at radius 2 is 1.89 bits per heavy atom. The number of carbonyl (C=O) groups excluding carboxylic acids is 2. The van der Waals surface area contributed by atoms with E-state index in [9.17, 15) is 22.8 Å². The molecule has 1 fully saturated rings. The van der Waals surface area contributed by atoms with Crippen LogP contribution in [0.2, 0.25) is 0 Å². The molecule has 0 aliphatic carbocycles. The third kappa shape index (κ3) is 4.32. The molecule has 3 amide bonds. The van der Waals surface area contributed by atoms with Gasteiger partial charge in [0, 0.05) is 50.9 Å². The van der Waals surface area contributed by atoms with Gasteiger partial charge in [-0.25, -0.2) is 23.0 Å². The Bertz CT molecular complexity index is 1220. The number of aliphatic hydroxyl groups excluding tert-OH is 1. The van der Waals surface area contributed by atoms with Crippen molar-refractivity contribution in [1.29, 1.82) is 0 Å². The van der Waals surface area contributed by atoms with Gasteiger partial charge in [-0.05, 0) is 17.7 Å². The van der Waals surface area contributed by atoms with E-state index in [4.69, 9.17) is 14.6 Å². The summed E-state index contributed by atoms with van der Waals surface area (Å²) in [4.78, 5) is 28.1. The van der Waals surface area contributed by atoms with Crippen LogP contribution in [0.5, 0.6) is 11.5 Å². The minimum atomic E-state index is -0.897. The summed E-state index contributed by atoms with van der Waals surface area (Å²) < 4.78 is 53.3. The molecular weight excluding hydrogens is 481 g/mol. The molecule has 12 heteroatoms. The molecule has 2 unspecified atom stereocenters. The zero-order valence-electron chi connectivity index (χ0n) is 19.2. The van der Waals surface area contributed by atoms with Gasteiger partial charge in [-0.2, -0.15) is 5.10 Å². The number of hydrogen-bond donors (Lipinski definition) is 1. The molecule has 1 saturated heterocycles. The van der Waals surface area contributed by atoms with E-state index in [0.717, 1.165) is 12.1 Å². The fourth-order valence-electron chi connectivity index (χ4n) is 4.45. The van der Waals surface area contributed by atoms with E-state index < -0.39 is 41.7 Å². The highest BCUT2D eigenvalue weighted by molar-refractivity contribution is 5.99. The minimum absolute atomic E-state index is 0.0878. The fraction of sp³-hybridized carbons (Fsp3) is 0.375. The Kier molecular flexibility index (Phi) is 6.20. The number of rotatable bonds is 5. The number of carbonyl (C=O) groups is 2. The average Bonchev–Trinajstić information content (AvgIpc) is 3.29. The maximum absolute atomic E-state index is 14.7. The standard InChI is InChI=1S/C24H23F3N4O5/c1-29-19-10-21(17(27)9-22(19)36-20(3-5-32)23(29)33)35-16-11-30(12-16)24(34)31-18(2-4-28-31)13-6-14(25)8-15(26)7-13/h4,6-10,16,18,20,32H,2-3,5,11-12H2,1H3. The summed E-state index contributed by atoms with van der Waals surface area (Å²) in [5.41, 5.74) is 0.624. The summed E-state index contributed by atoms with van der Waals surface area (Å²) in [6.45, 7) is 0.0493. The molecule has 0 saturated carbocycles. The van der Waals surface area contributed by atoms with Crippen LogP contribution in [0.15, 0.2) is 35.4 Å². The van der Waals surface area contributed by atoms with Crippen LogP contribution in [-0.2, 0) is 4.79 Å². The summed E-state index contributed by atoms with van der Waals surface area (Å²) in [7, 11) is 1.52. The minimum Gasteiger partial charge on any atom is -0.484 e. The van der Waals surface area contributed by atoms with E-state index >= 15 is 0 Å². The van der Waals surface area contributed by atoms with Crippen LogP contribution in [-0.4, -0.2) is 72.1 Å². The second-order valence-corrected chi connectivity index (χ2v) is 8.79. The summed E-state index contributed by atoms with van der Waals surface area (Å²) >= 11 is 0. The van der Waals surface area contributed by atoms with Crippen LogP contribution in [0.25, 0.3) is 0 Å². The molecule has 0 bridgehead atoms. The molecule has 36 heavy (non-hydrogen) atoms. The van der Waals surface area contributed by atoms with Gasteiger partial charge >= 0.3 is 6.03 Å². The van der Waals surface area contributed by atoms with E-state index in [2.05, 4.69) is 5.10 Å². The molecule has 3 aliphatic rings. The summed E-state index contributed by atoms with van der Waals surface area (Å²) in [5.74, 6) is -2.47. The molecule has 0 radical (unpaired) electrons. The van der Waals surface area contributed by atoms with Crippen LogP contribution in [0.3, 0.4) is 0 Å². The first-order chi connectivity index (χ1) is 17.2. The molecule has 1 N–H and O–H groups in total. The largest absolute Gasteiger partial charge is 0.484 e. The molecular formula is C24H23F3N4O5. The second kappa shape index (κ2) is 9.34. The van der Waals surface area contributed by atoms with Crippen molar-refractivity contribution in [2.24, 2.45) is 5.10 Å². The highest BCUT2D eigenvalue weighted by Crippen LogP contribution is 2.39. The monoisotopic (exact) mass is 504 g/mol. The molecule has 3 heterocycles. The first kappa shape index (κ1) is 23.9. The Morgan fingerprint density at radius 1 is 1.17 bits per heavy atom. The normalized spacial score (nSPS) is 21.4. The van der Waals surface area contributed by atoms with Crippen molar-refractivity contribution in [3.8, 4) is 11.5 Å². The van der Waals surface area contributed by atoms with Crippen molar-refractivity contribution in [3.05, 3.63) is 53.3 Å². The summed E-state index contributed by atoms with van der Waals surface area (Å²) in [6.07, 6.45) is 0.504. The first-order valence-corrected chi connectivity index (χ1v) is 11.4. The van der Waals surface area contributed by atoms with Gasteiger partial charge in [-0.3, -0.25) is 4.79 Å². The van der Waals surface area contributed by atoms with Crippen LogP contribution < -0.4 is 14.4 Å². The lowest BCUT2D eigenvalue weighted by atomic mass is 10.0. The molecule has 5 rings (SSSR count). The van der Waals surface area contributed by atoms with Gasteiger partial charge in [0.25, 0.3) is 5.91 Å². The quantitative estimate of drug-likeness (QED) is 0.676. The number of halogens is 3. The number of nitrogens with zero attached hydrogens (tertiary/aromatic N) is 4. The van der Waals surface area contributed by atoms with E-state index in [1.165, 1.54) is 46.3 Å². The molecule has 2 aromatic rings. The highest BCUT2D eigenvalue weighted by Gasteiger charge is 2.40. The number of likely N-dealkylation sites (N-methyl/N-ethyl adjacent to an activating group) is 1. The van der Waals surface area contributed by atoms with Gasteiger partial charge in [-0.1, -0.05) is 0 Å². The van der Waals surface area contributed by atoms with Gasteiger partial charge in [0.1, 0.15) is 23.5 Å². The van der Waals surface area contributed by atoms with Gasteiger partial charge < -0.3 is 24.4 Å². The number of benzene rings is 2. The second-order valence-electron chi connectivity index (χ2n) is 8.79. The van der Waals surface area contributed by atoms with Crippen LogP contribution >= 0.6 is 0 Å². The molecule has 0 spiro atoms. The SMILES string of the molecule is CN1C(=O)C(CCO)Oc2cc(F)c(OC3CN(C(=O)N4N=CCC4c4cc(F)cc(F)c4)C3)cc21. The lowest BCUT2D eigenvalue weighted by Crippen LogP contribution is -2.58. The molecule has 190 valence electrons. The van der Waals surface area contributed by atoms with Crippen molar-refractivity contribution >= 4 is 23.8 Å². The number of hydrazone groups is 1. The van der Waals surface area contributed by atoms with Gasteiger partial charge in [0.15, 0.2) is 17.7 Å². The Hall–Kier alpha value is -3.80. The van der Waals surface area contributed by atoms with Crippen LogP contribution in [0.1, 0.15) is 24.4 Å². The number of amides is 3. The number of urea groups is 1. The van der Waals surface area contributed by atoms with Gasteiger partial charge in [0.2, 0.25) is 0 Å². The molecule has 2 atom stereocenters. The molecule has 2 aromatic carbocycles. The van der Waals surface area contributed by atoms with Crippen molar-refractivity contribution in [3.63, 3.8) is 0 Å². The van der Waals surface area contributed by atoms with Crippen LogP contribution in [0.4, 0.5) is 23.7 Å². The lowest BCUT2D eigenvalue weighted by molar-refractivity contribution is -0.126. The van der Waals surface area contributed by atoms with Gasteiger partial charge in [-0.15, -0.1) is 0 Å². The van der Waals surface area contributed by atoms with Crippen molar-refractivity contribution in [1.82, 2.24) is 9.91 Å². The van der Waals surface area contributed by atoms with Gasteiger partial charge in [0.05, 0.1) is 24.8 Å². The summed E-state index contributed by atoms with van der Waals surface area (Å²) in [6, 6.07) is 4.49. The van der Waals surface area contributed by atoms with E-state index in [1.807, 2.05) is 0 Å². The zero-order chi connectivity index (χ0) is 25.6.